The van der Waals surface area contributed by atoms with Gasteiger partial charge < -0.3 is 5.32 Å². The molecule has 0 bridgehead atoms. The molecule has 0 spiro atoms. The molecular formula is C23H14N4O4. The molecule has 8 heteroatoms. The number of amides is 1. The van der Waals surface area contributed by atoms with E-state index in [0.29, 0.717) is 33.3 Å². The van der Waals surface area contributed by atoms with Gasteiger partial charge in [-0.25, -0.2) is 4.68 Å². The van der Waals surface area contributed by atoms with Gasteiger partial charge in [0.25, 0.3) is 5.56 Å². The van der Waals surface area contributed by atoms with Gasteiger partial charge in [0.2, 0.25) is 5.91 Å². The Hall–Kier alpha value is -4.46. The number of nitrogens with one attached hydrogen (secondary N) is 1. The first-order valence-corrected chi connectivity index (χ1v) is 9.48. The molecule has 5 rings (SSSR count). The number of ketones is 2. The summed E-state index contributed by atoms with van der Waals surface area (Å²) in [7, 11) is 0. The van der Waals surface area contributed by atoms with Gasteiger partial charge in [-0.05, 0) is 30.3 Å². The third kappa shape index (κ3) is 3.10. The summed E-state index contributed by atoms with van der Waals surface area (Å²) in [6.07, 6.45) is 0. The molecule has 0 saturated carbocycles. The van der Waals surface area contributed by atoms with E-state index >= 15 is 0 Å². The second-order valence-corrected chi connectivity index (χ2v) is 7.08. The van der Waals surface area contributed by atoms with Crippen LogP contribution in [0.4, 0.5) is 5.69 Å². The monoisotopic (exact) mass is 410 g/mol. The lowest BCUT2D eigenvalue weighted by Gasteiger charge is -2.18. The molecule has 3 aromatic carbocycles. The number of fused-ring (bicyclic) bond motifs is 3. The average Bonchev–Trinajstić information content (AvgIpc) is 2.79. The largest absolute Gasteiger partial charge is 0.324 e. The maximum absolute atomic E-state index is 12.8. The number of rotatable bonds is 3. The SMILES string of the molecule is O=C(Cn1nnc2ccccc2c1=O)Nc1ccc2c(c1)C(=O)c1ccccc1C2=O. The van der Waals surface area contributed by atoms with Crippen molar-refractivity contribution in [3.63, 3.8) is 0 Å². The Kier molecular flexibility index (Phi) is 4.25. The summed E-state index contributed by atoms with van der Waals surface area (Å²) < 4.78 is 0.973. The molecule has 1 aromatic heterocycles. The number of anilines is 1. The molecule has 4 aromatic rings. The molecule has 1 aliphatic rings. The van der Waals surface area contributed by atoms with Crippen molar-refractivity contribution in [2.75, 3.05) is 5.32 Å². The van der Waals surface area contributed by atoms with Gasteiger partial charge in [-0.15, -0.1) is 5.10 Å². The highest BCUT2D eigenvalue weighted by atomic mass is 16.2. The van der Waals surface area contributed by atoms with Crippen LogP contribution in [0.2, 0.25) is 0 Å². The Morgan fingerprint density at radius 3 is 2.23 bits per heavy atom. The van der Waals surface area contributed by atoms with Crippen molar-refractivity contribution >= 4 is 34.1 Å². The fraction of sp³-hybridized carbons (Fsp3) is 0.0435. The van der Waals surface area contributed by atoms with Crippen molar-refractivity contribution in [3.8, 4) is 0 Å². The van der Waals surface area contributed by atoms with E-state index in [2.05, 4.69) is 15.6 Å². The third-order valence-corrected chi connectivity index (χ3v) is 5.13. The number of carbonyl (C=O) groups is 3. The summed E-state index contributed by atoms with van der Waals surface area (Å²) in [5.41, 5.74) is 1.58. The Morgan fingerprint density at radius 2 is 1.45 bits per heavy atom. The van der Waals surface area contributed by atoms with E-state index in [4.69, 9.17) is 0 Å². The highest BCUT2D eigenvalue weighted by Gasteiger charge is 2.29. The summed E-state index contributed by atoms with van der Waals surface area (Å²) in [4.78, 5) is 50.5. The number of hydrogen-bond donors (Lipinski definition) is 1. The molecular weight excluding hydrogens is 396 g/mol. The van der Waals surface area contributed by atoms with Gasteiger partial charge in [-0.1, -0.05) is 41.6 Å². The number of nitrogens with zero attached hydrogens (tertiary/aromatic N) is 3. The van der Waals surface area contributed by atoms with Crippen LogP contribution in [0.25, 0.3) is 10.9 Å². The number of carbonyl (C=O) groups excluding carboxylic acids is 3. The summed E-state index contributed by atoms with van der Waals surface area (Å²) in [6, 6.07) is 17.9. The van der Waals surface area contributed by atoms with Crippen LogP contribution in [0.1, 0.15) is 31.8 Å². The third-order valence-electron chi connectivity index (χ3n) is 5.13. The van der Waals surface area contributed by atoms with Crippen LogP contribution in [0.3, 0.4) is 0 Å². The lowest BCUT2D eigenvalue weighted by atomic mass is 9.84. The van der Waals surface area contributed by atoms with Gasteiger partial charge in [0, 0.05) is 27.9 Å². The molecule has 0 aliphatic heterocycles. The normalized spacial score (nSPS) is 12.4. The average molecular weight is 410 g/mol. The van der Waals surface area contributed by atoms with E-state index in [1.54, 1.807) is 54.6 Å². The minimum atomic E-state index is -0.512. The lowest BCUT2D eigenvalue weighted by Crippen LogP contribution is -2.30. The van der Waals surface area contributed by atoms with Crippen LogP contribution in [0.15, 0.2) is 71.5 Å². The van der Waals surface area contributed by atoms with Crippen LogP contribution in [0.5, 0.6) is 0 Å². The van der Waals surface area contributed by atoms with Gasteiger partial charge in [0.1, 0.15) is 12.1 Å². The second kappa shape index (κ2) is 7.10. The molecule has 1 amide bonds. The molecule has 1 N–H and O–H groups in total. The molecule has 0 saturated heterocycles. The molecule has 0 unspecified atom stereocenters. The van der Waals surface area contributed by atoms with E-state index in [1.165, 1.54) is 12.1 Å². The first-order chi connectivity index (χ1) is 15.0. The van der Waals surface area contributed by atoms with Crippen LogP contribution in [-0.2, 0) is 11.3 Å². The zero-order chi connectivity index (χ0) is 21.5. The molecule has 1 heterocycles. The highest BCUT2D eigenvalue weighted by Crippen LogP contribution is 2.29. The standard InChI is InChI=1S/C23H14N4O4/c28-20(12-27-23(31)17-7-3-4-8-19(17)25-26-27)24-13-9-10-16-18(11-13)22(30)15-6-2-1-5-14(15)21(16)29/h1-11H,12H2,(H,24,28). The molecule has 1 aliphatic carbocycles. The first kappa shape index (κ1) is 18.6. The van der Waals surface area contributed by atoms with E-state index in [1.807, 2.05) is 0 Å². The maximum atomic E-state index is 12.8. The maximum Gasteiger partial charge on any atom is 0.278 e. The predicted octanol–water partition coefficient (Wildman–Crippen LogP) is 2.21. The zero-order valence-corrected chi connectivity index (χ0v) is 16.0. The second-order valence-electron chi connectivity index (χ2n) is 7.08. The Balaban J connectivity index is 1.41. The van der Waals surface area contributed by atoms with Crippen molar-refractivity contribution in [1.29, 1.82) is 0 Å². The number of hydrogen-bond acceptors (Lipinski definition) is 6. The van der Waals surface area contributed by atoms with Gasteiger partial charge in [-0.3, -0.25) is 19.2 Å². The topological polar surface area (TPSA) is 111 Å². The predicted molar refractivity (Wildman–Crippen MR) is 112 cm³/mol. The van der Waals surface area contributed by atoms with Crippen molar-refractivity contribution in [2.45, 2.75) is 6.54 Å². The van der Waals surface area contributed by atoms with Gasteiger partial charge in [-0.2, -0.15) is 0 Å². The van der Waals surface area contributed by atoms with Crippen molar-refractivity contribution in [3.05, 3.63) is 99.3 Å². The Labute approximate surface area is 175 Å². The Bertz CT molecular complexity index is 1470. The molecule has 31 heavy (non-hydrogen) atoms. The van der Waals surface area contributed by atoms with Gasteiger partial charge in [0.15, 0.2) is 11.6 Å². The summed E-state index contributed by atoms with van der Waals surface area (Å²) in [6.45, 7) is -0.344. The summed E-state index contributed by atoms with van der Waals surface area (Å²) in [5, 5.41) is 10.8. The minimum absolute atomic E-state index is 0.226. The van der Waals surface area contributed by atoms with Crippen molar-refractivity contribution < 1.29 is 14.4 Å². The lowest BCUT2D eigenvalue weighted by molar-refractivity contribution is -0.117. The molecule has 0 atom stereocenters. The van der Waals surface area contributed by atoms with Crippen molar-refractivity contribution in [1.82, 2.24) is 15.0 Å². The van der Waals surface area contributed by atoms with Crippen LogP contribution >= 0.6 is 0 Å². The number of aromatic nitrogens is 3. The fourth-order valence-electron chi connectivity index (χ4n) is 3.64. The van der Waals surface area contributed by atoms with E-state index < -0.39 is 11.5 Å². The quantitative estimate of drug-likeness (QED) is 0.488. The van der Waals surface area contributed by atoms with Crippen molar-refractivity contribution in [2.24, 2.45) is 0 Å². The molecule has 8 nitrogen and oxygen atoms in total. The van der Waals surface area contributed by atoms with Crippen LogP contribution < -0.4 is 10.9 Å². The molecule has 0 radical (unpaired) electrons. The van der Waals surface area contributed by atoms with E-state index in [0.717, 1.165) is 4.68 Å². The van der Waals surface area contributed by atoms with Gasteiger partial charge in [0.05, 0.1) is 5.39 Å². The zero-order valence-electron chi connectivity index (χ0n) is 16.0. The summed E-state index contributed by atoms with van der Waals surface area (Å²) in [5.74, 6) is -1.03. The van der Waals surface area contributed by atoms with Crippen LogP contribution in [-0.4, -0.2) is 32.5 Å². The fourth-order valence-corrected chi connectivity index (χ4v) is 3.64. The Morgan fingerprint density at radius 1 is 0.806 bits per heavy atom. The first-order valence-electron chi connectivity index (χ1n) is 9.48. The smallest absolute Gasteiger partial charge is 0.278 e. The minimum Gasteiger partial charge on any atom is -0.324 e. The highest BCUT2D eigenvalue weighted by molar-refractivity contribution is 6.28. The molecule has 150 valence electrons. The van der Waals surface area contributed by atoms with Gasteiger partial charge >= 0.3 is 0 Å². The van der Waals surface area contributed by atoms with E-state index in [-0.39, 0.29) is 23.7 Å². The van der Waals surface area contributed by atoms with Crippen LogP contribution in [0, 0.1) is 0 Å². The number of benzene rings is 3. The molecule has 0 fully saturated rings. The van der Waals surface area contributed by atoms with E-state index in [9.17, 15) is 19.2 Å². The summed E-state index contributed by atoms with van der Waals surface area (Å²) >= 11 is 0.